The fraction of sp³-hybridized carbons (Fsp3) is 0.333. The second-order valence-electron chi connectivity index (χ2n) is 6.82. The van der Waals surface area contributed by atoms with Gasteiger partial charge in [-0.05, 0) is 69.0 Å². The van der Waals surface area contributed by atoms with Crippen LogP contribution in [0.25, 0.3) is 5.69 Å². The highest BCUT2D eigenvalue weighted by atomic mass is 19.1. The summed E-state index contributed by atoms with van der Waals surface area (Å²) < 4.78 is 21.4. The van der Waals surface area contributed by atoms with Gasteiger partial charge in [-0.1, -0.05) is 18.2 Å². The quantitative estimate of drug-likeness (QED) is 0.676. The van der Waals surface area contributed by atoms with E-state index in [1.807, 2.05) is 41.8 Å². The minimum absolute atomic E-state index is 0.236. The van der Waals surface area contributed by atoms with Crippen LogP contribution in [0.15, 0.2) is 54.6 Å². The molecule has 0 atom stereocenters. The topological polar surface area (TPSA) is 39.9 Å². The van der Waals surface area contributed by atoms with Crippen LogP contribution >= 0.6 is 0 Å². The molecule has 0 bridgehead atoms. The molecule has 134 valence electrons. The highest BCUT2D eigenvalue weighted by Gasteiger charge is 2.28. The first kappa shape index (κ1) is 16.8. The molecule has 5 heteroatoms. The van der Waals surface area contributed by atoms with Gasteiger partial charge in [0.25, 0.3) is 0 Å². The monoisotopic (exact) mass is 351 g/mol. The van der Waals surface area contributed by atoms with Gasteiger partial charge in [0.2, 0.25) is 0 Å². The molecule has 1 saturated carbocycles. The Morgan fingerprint density at radius 1 is 0.923 bits per heavy atom. The summed E-state index contributed by atoms with van der Waals surface area (Å²) in [6.45, 7) is 1.93. The molecule has 2 aromatic carbocycles. The molecule has 1 aliphatic carbocycles. The average Bonchev–Trinajstić information content (AvgIpc) is 3.05. The van der Waals surface area contributed by atoms with Gasteiger partial charge < -0.3 is 4.74 Å². The van der Waals surface area contributed by atoms with Crippen LogP contribution in [-0.4, -0.2) is 20.9 Å². The lowest BCUT2D eigenvalue weighted by molar-refractivity contribution is 0.144. The van der Waals surface area contributed by atoms with Crippen LogP contribution in [0.3, 0.4) is 0 Å². The molecule has 1 aromatic heterocycles. The predicted octanol–water partition coefficient (Wildman–Crippen LogP) is 4.82. The fourth-order valence-electron chi connectivity index (χ4n) is 3.68. The van der Waals surface area contributed by atoms with Crippen molar-refractivity contribution in [3.05, 3.63) is 72.1 Å². The zero-order valence-electron chi connectivity index (χ0n) is 14.8. The van der Waals surface area contributed by atoms with Crippen LogP contribution in [0.2, 0.25) is 0 Å². The van der Waals surface area contributed by atoms with E-state index in [4.69, 9.17) is 4.74 Å². The summed E-state index contributed by atoms with van der Waals surface area (Å²) in [6, 6.07) is 16.5. The summed E-state index contributed by atoms with van der Waals surface area (Å²) in [7, 11) is 0. The second-order valence-corrected chi connectivity index (χ2v) is 6.82. The van der Waals surface area contributed by atoms with Crippen molar-refractivity contribution in [1.82, 2.24) is 14.8 Å². The maximum Gasteiger partial charge on any atom is 0.140 e. The molecular formula is C21H22FN3O. The normalized spacial score (nSPS) is 20.1. The van der Waals surface area contributed by atoms with Crippen LogP contribution in [0.5, 0.6) is 5.75 Å². The number of ether oxygens (including phenoxy) is 1. The van der Waals surface area contributed by atoms with Gasteiger partial charge in [-0.15, -0.1) is 10.2 Å². The number of halogens is 1. The molecule has 0 saturated heterocycles. The SMILES string of the molecule is Cc1nnc(C2CCC(Oc3ccccc3)CC2)n1-c1ccc(F)cc1. The van der Waals surface area contributed by atoms with Crippen molar-refractivity contribution in [3.63, 3.8) is 0 Å². The second kappa shape index (κ2) is 7.28. The van der Waals surface area contributed by atoms with E-state index >= 15 is 0 Å². The molecule has 0 N–H and O–H groups in total. The van der Waals surface area contributed by atoms with Crippen LogP contribution in [0.4, 0.5) is 4.39 Å². The minimum atomic E-state index is -0.236. The summed E-state index contributed by atoms with van der Waals surface area (Å²) in [4.78, 5) is 0. The van der Waals surface area contributed by atoms with Crippen molar-refractivity contribution in [2.24, 2.45) is 0 Å². The number of rotatable bonds is 4. The van der Waals surface area contributed by atoms with E-state index in [0.717, 1.165) is 48.8 Å². The Kier molecular flexibility index (Phi) is 4.69. The van der Waals surface area contributed by atoms with Gasteiger partial charge in [0.15, 0.2) is 0 Å². The lowest BCUT2D eigenvalue weighted by atomic mass is 9.86. The highest BCUT2D eigenvalue weighted by Crippen LogP contribution is 2.35. The van der Waals surface area contributed by atoms with Crippen LogP contribution in [0.1, 0.15) is 43.3 Å². The van der Waals surface area contributed by atoms with E-state index in [2.05, 4.69) is 10.2 Å². The number of hydrogen-bond donors (Lipinski definition) is 0. The first-order chi connectivity index (χ1) is 12.7. The predicted molar refractivity (Wildman–Crippen MR) is 98.1 cm³/mol. The Bertz CT molecular complexity index is 853. The van der Waals surface area contributed by atoms with E-state index < -0.39 is 0 Å². The zero-order valence-corrected chi connectivity index (χ0v) is 14.8. The van der Waals surface area contributed by atoms with E-state index in [0.29, 0.717) is 5.92 Å². The van der Waals surface area contributed by atoms with Gasteiger partial charge in [0.1, 0.15) is 23.2 Å². The highest BCUT2D eigenvalue weighted by molar-refractivity contribution is 5.35. The largest absolute Gasteiger partial charge is 0.490 e. The smallest absolute Gasteiger partial charge is 0.140 e. The van der Waals surface area contributed by atoms with Crippen molar-refractivity contribution in [1.29, 1.82) is 0 Å². The van der Waals surface area contributed by atoms with Gasteiger partial charge in [-0.3, -0.25) is 4.57 Å². The van der Waals surface area contributed by atoms with E-state index in [1.54, 1.807) is 12.1 Å². The van der Waals surface area contributed by atoms with Gasteiger partial charge in [0, 0.05) is 11.6 Å². The summed E-state index contributed by atoms with van der Waals surface area (Å²) in [5.74, 6) is 2.83. The number of benzene rings is 2. The summed E-state index contributed by atoms with van der Waals surface area (Å²) >= 11 is 0. The molecule has 3 aromatic rings. The summed E-state index contributed by atoms with van der Waals surface area (Å²) in [5.41, 5.74) is 0.909. The van der Waals surface area contributed by atoms with E-state index in [-0.39, 0.29) is 11.9 Å². The van der Waals surface area contributed by atoms with Crippen molar-refractivity contribution >= 4 is 0 Å². The fourth-order valence-corrected chi connectivity index (χ4v) is 3.68. The molecule has 26 heavy (non-hydrogen) atoms. The molecule has 0 radical (unpaired) electrons. The third kappa shape index (κ3) is 3.47. The number of aromatic nitrogens is 3. The molecule has 0 unspecified atom stereocenters. The summed E-state index contributed by atoms with van der Waals surface area (Å²) in [6.07, 6.45) is 4.26. The molecule has 1 fully saturated rings. The Labute approximate surface area is 152 Å². The van der Waals surface area contributed by atoms with E-state index in [1.165, 1.54) is 12.1 Å². The lowest BCUT2D eigenvalue weighted by Crippen LogP contribution is -2.24. The zero-order chi connectivity index (χ0) is 17.9. The van der Waals surface area contributed by atoms with Crippen LogP contribution in [0, 0.1) is 12.7 Å². The molecule has 4 nitrogen and oxygen atoms in total. The minimum Gasteiger partial charge on any atom is -0.490 e. The number of hydrogen-bond acceptors (Lipinski definition) is 3. The van der Waals surface area contributed by atoms with Crippen molar-refractivity contribution in [3.8, 4) is 11.4 Å². The van der Waals surface area contributed by atoms with Crippen molar-refractivity contribution in [2.75, 3.05) is 0 Å². The van der Waals surface area contributed by atoms with Crippen LogP contribution in [-0.2, 0) is 0 Å². The molecule has 1 heterocycles. The molecule has 0 aliphatic heterocycles. The van der Waals surface area contributed by atoms with Crippen molar-refractivity contribution < 1.29 is 9.13 Å². The number of para-hydroxylation sites is 1. The first-order valence-electron chi connectivity index (χ1n) is 9.10. The maximum atomic E-state index is 13.3. The van der Waals surface area contributed by atoms with Gasteiger partial charge in [0.05, 0.1) is 6.10 Å². The Hall–Kier alpha value is -2.69. The Balaban J connectivity index is 1.47. The first-order valence-corrected chi connectivity index (χ1v) is 9.10. The standard InChI is InChI=1S/C21H22FN3O/c1-15-23-24-21(25(15)18-11-9-17(22)10-12-18)16-7-13-20(14-8-16)26-19-5-3-2-4-6-19/h2-6,9-12,16,20H,7-8,13-14H2,1H3. The van der Waals surface area contributed by atoms with E-state index in [9.17, 15) is 4.39 Å². The number of nitrogens with zero attached hydrogens (tertiary/aromatic N) is 3. The Morgan fingerprint density at radius 2 is 1.62 bits per heavy atom. The third-order valence-electron chi connectivity index (χ3n) is 5.02. The third-order valence-corrected chi connectivity index (χ3v) is 5.02. The Morgan fingerprint density at radius 3 is 2.31 bits per heavy atom. The summed E-state index contributed by atoms with van der Waals surface area (Å²) in [5, 5.41) is 8.69. The molecule has 0 spiro atoms. The molecule has 0 amide bonds. The van der Waals surface area contributed by atoms with Gasteiger partial charge >= 0.3 is 0 Å². The van der Waals surface area contributed by atoms with Gasteiger partial charge in [-0.2, -0.15) is 0 Å². The molecule has 1 aliphatic rings. The maximum absolute atomic E-state index is 13.3. The molecule has 4 rings (SSSR count). The van der Waals surface area contributed by atoms with Crippen molar-refractivity contribution in [2.45, 2.75) is 44.6 Å². The average molecular weight is 351 g/mol. The molecular weight excluding hydrogens is 329 g/mol. The lowest BCUT2D eigenvalue weighted by Gasteiger charge is -2.28. The van der Waals surface area contributed by atoms with Gasteiger partial charge in [-0.25, -0.2) is 4.39 Å². The van der Waals surface area contributed by atoms with Crippen LogP contribution < -0.4 is 4.74 Å². The number of aryl methyl sites for hydroxylation is 1.